The number of likely N-dealkylation sites (N-methyl/N-ethyl adjacent to an activating group) is 1. The summed E-state index contributed by atoms with van der Waals surface area (Å²) in [6, 6.07) is 2.91. The standard InChI is InChI=1S/C29H26F6N6O4/c1-15(29(33,34)35)40(11-16-3-5-18(30)6-4-16)25(43)14-41-26(44)28(38-27(41)45)9-23(32)20-7-19(22(31)8-21(20)28)17-10-37-39(12-17)13-24(42)36-2/h3-8,10,12,15,23H,9,11,13-14H2,1-2H3,(H,36,42)(H,38,45)/t15-,23-,28+/m0/s1. The summed E-state index contributed by atoms with van der Waals surface area (Å²) < 4.78 is 86.5. The van der Waals surface area contributed by atoms with E-state index in [1.807, 2.05) is 0 Å². The molecule has 2 N–H and O–H groups in total. The molecule has 0 saturated carbocycles. The Kier molecular flexibility index (Phi) is 8.10. The van der Waals surface area contributed by atoms with Crippen LogP contribution < -0.4 is 10.6 Å². The lowest BCUT2D eigenvalue weighted by Crippen LogP contribution is -2.51. The zero-order chi connectivity index (χ0) is 32.8. The largest absolute Gasteiger partial charge is 0.408 e. The predicted octanol–water partition coefficient (Wildman–Crippen LogP) is 3.72. The third-order valence-corrected chi connectivity index (χ3v) is 7.95. The van der Waals surface area contributed by atoms with Crippen LogP contribution in [0.1, 0.15) is 36.2 Å². The number of benzene rings is 2. The Morgan fingerprint density at radius 1 is 1.16 bits per heavy atom. The number of halogens is 6. The number of urea groups is 1. The fourth-order valence-electron chi connectivity index (χ4n) is 5.47. The van der Waals surface area contributed by atoms with E-state index in [0.29, 0.717) is 9.80 Å². The Bertz CT molecular complexity index is 1680. The van der Waals surface area contributed by atoms with Gasteiger partial charge in [-0.3, -0.25) is 24.0 Å². The second kappa shape index (κ2) is 11.6. The first-order chi connectivity index (χ1) is 21.1. The van der Waals surface area contributed by atoms with Crippen LogP contribution in [0.3, 0.4) is 0 Å². The minimum atomic E-state index is -4.88. The number of carbonyl (C=O) groups is 4. The van der Waals surface area contributed by atoms with Gasteiger partial charge in [-0.05, 0) is 47.9 Å². The minimum absolute atomic E-state index is 0.0852. The van der Waals surface area contributed by atoms with Crippen molar-refractivity contribution in [2.24, 2.45) is 0 Å². The van der Waals surface area contributed by atoms with E-state index in [2.05, 4.69) is 15.7 Å². The van der Waals surface area contributed by atoms with E-state index in [1.54, 1.807) is 0 Å². The molecule has 45 heavy (non-hydrogen) atoms. The van der Waals surface area contributed by atoms with Crippen LogP contribution in [0.2, 0.25) is 0 Å². The summed E-state index contributed by atoms with van der Waals surface area (Å²) in [7, 11) is 1.43. The molecule has 5 rings (SSSR count). The minimum Gasteiger partial charge on any atom is -0.358 e. The molecular formula is C29H26F6N6O4. The monoisotopic (exact) mass is 636 g/mol. The number of nitrogens with one attached hydrogen (secondary N) is 2. The zero-order valence-corrected chi connectivity index (χ0v) is 23.8. The highest BCUT2D eigenvalue weighted by Crippen LogP contribution is 2.50. The van der Waals surface area contributed by atoms with Gasteiger partial charge in [0.2, 0.25) is 11.8 Å². The number of nitrogens with zero attached hydrogens (tertiary/aromatic N) is 4. The van der Waals surface area contributed by atoms with Crippen LogP contribution in [-0.2, 0) is 33.0 Å². The maximum Gasteiger partial charge on any atom is 0.408 e. The second-order valence-corrected chi connectivity index (χ2v) is 10.8. The van der Waals surface area contributed by atoms with Crippen LogP contribution in [0.15, 0.2) is 48.8 Å². The maximum absolute atomic E-state index is 15.4. The van der Waals surface area contributed by atoms with Gasteiger partial charge in [0.1, 0.15) is 42.5 Å². The molecule has 238 valence electrons. The van der Waals surface area contributed by atoms with Gasteiger partial charge in [0, 0.05) is 37.3 Å². The second-order valence-electron chi connectivity index (χ2n) is 10.8. The smallest absolute Gasteiger partial charge is 0.358 e. The summed E-state index contributed by atoms with van der Waals surface area (Å²) in [4.78, 5) is 52.2. The first-order valence-electron chi connectivity index (χ1n) is 13.6. The van der Waals surface area contributed by atoms with Crippen molar-refractivity contribution in [2.75, 3.05) is 13.6 Å². The van der Waals surface area contributed by atoms with E-state index in [1.165, 1.54) is 36.3 Å². The Hall–Kier alpha value is -4.89. The topological polar surface area (TPSA) is 117 Å². The van der Waals surface area contributed by atoms with Gasteiger partial charge in [0.05, 0.1) is 6.20 Å². The fraction of sp³-hybridized carbons (Fsp3) is 0.345. The van der Waals surface area contributed by atoms with Crippen molar-refractivity contribution in [3.05, 3.63) is 77.1 Å². The van der Waals surface area contributed by atoms with Gasteiger partial charge in [-0.2, -0.15) is 18.3 Å². The van der Waals surface area contributed by atoms with Gasteiger partial charge < -0.3 is 15.5 Å². The molecule has 1 fully saturated rings. The molecule has 0 radical (unpaired) electrons. The Morgan fingerprint density at radius 2 is 1.84 bits per heavy atom. The number of amides is 5. The molecule has 2 aromatic carbocycles. The normalized spacial score (nSPS) is 19.9. The van der Waals surface area contributed by atoms with Crippen LogP contribution in [0.4, 0.5) is 31.1 Å². The highest BCUT2D eigenvalue weighted by Gasteiger charge is 2.59. The Balaban J connectivity index is 1.42. The quantitative estimate of drug-likeness (QED) is 0.289. The summed E-state index contributed by atoms with van der Waals surface area (Å²) in [5, 5.41) is 8.74. The van der Waals surface area contributed by atoms with Gasteiger partial charge in [-0.15, -0.1) is 0 Å². The van der Waals surface area contributed by atoms with Gasteiger partial charge in [-0.1, -0.05) is 12.1 Å². The zero-order valence-electron chi connectivity index (χ0n) is 23.8. The molecule has 2 heterocycles. The lowest BCUT2D eigenvalue weighted by Gasteiger charge is -2.32. The van der Waals surface area contributed by atoms with Crippen LogP contribution in [0.5, 0.6) is 0 Å². The number of hydrogen-bond acceptors (Lipinski definition) is 5. The number of carbonyl (C=O) groups excluding carboxylic acids is 4. The first-order valence-corrected chi connectivity index (χ1v) is 13.6. The van der Waals surface area contributed by atoms with Crippen molar-refractivity contribution >= 4 is 23.8 Å². The van der Waals surface area contributed by atoms with E-state index in [9.17, 15) is 36.7 Å². The van der Waals surface area contributed by atoms with Crippen LogP contribution in [0, 0.1) is 11.6 Å². The van der Waals surface area contributed by atoms with E-state index < -0.39 is 72.9 Å². The number of rotatable bonds is 8. The average molecular weight is 637 g/mol. The molecule has 10 nitrogen and oxygen atoms in total. The van der Waals surface area contributed by atoms with Crippen molar-refractivity contribution in [3.8, 4) is 11.1 Å². The van der Waals surface area contributed by atoms with Crippen molar-refractivity contribution < 1.29 is 45.5 Å². The van der Waals surface area contributed by atoms with Crippen molar-refractivity contribution in [1.29, 1.82) is 0 Å². The van der Waals surface area contributed by atoms with E-state index in [0.717, 1.165) is 31.2 Å². The highest BCUT2D eigenvalue weighted by molar-refractivity contribution is 6.10. The van der Waals surface area contributed by atoms with Crippen molar-refractivity contribution in [2.45, 2.75) is 50.4 Å². The lowest BCUT2D eigenvalue weighted by atomic mass is 9.90. The van der Waals surface area contributed by atoms with Crippen LogP contribution in [-0.4, -0.2) is 69.1 Å². The number of imide groups is 1. The van der Waals surface area contributed by atoms with Crippen LogP contribution >= 0.6 is 0 Å². The third kappa shape index (κ3) is 5.83. The van der Waals surface area contributed by atoms with E-state index in [4.69, 9.17) is 0 Å². The van der Waals surface area contributed by atoms with Crippen molar-refractivity contribution in [3.63, 3.8) is 0 Å². The Labute approximate surface area is 252 Å². The predicted molar refractivity (Wildman–Crippen MR) is 145 cm³/mol. The fourth-order valence-corrected chi connectivity index (χ4v) is 5.47. The maximum atomic E-state index is 15.4. The number of alkyl halides is 4. The first kappa shape index (κ1) is 31.5. The highest BCUT2D eigenvalue weighted by atomic mass is 19.4. The molecule has 16 heteroatoms. The average Bonchev–Trinajstić information content (AvgIpc) is 3.62. The third-order valence-electron chi connectivity index (χ3n) is 7.95. The number of fused-ring (bicyclic) bond motifs is 2. The molecule has 3 aromatic rings. The van der Waals surface area contributed by atoms with Gasteiger partial charge in [-0.25, -0.2) is 18.0 Å². The Morgan fingerprint density at radius 3 is 2.49 bits per heavy atom. The molecule has 0 bridgehead atoms. The lowest BCUT2D eigenvalue weighted by molar-refractivity contribution is -0.187. The van der Waals surface area contributed by atoms with Crippen LogP contribution in [0.25, 0.3) is 11.1 Å². The summed E-state index contributed by atoms with van der Waals surface area (Å²) in [5.74, 6) is -4.30. The van der Waals surface area contributed by atoms with Gasteiger partial charge in [0.15, 0.2) is 0 Å². The van der Waals surface area contributed by atoms with E-state index in [-0.39, 0.29) is 40.3 Å². The number of hydrogen-bond donors (Lipinski definition) is 2. The number of aromatic nitrogens is 2. The molecular weight excluding hydrogens is 610 g/mol. The SMILES string of the molecule is CNC(=O)Cn1cc(-c2cc3c(cc2F)[C@@]2(C[C@@H]3F)NC(=O)N(CC(=O)N(Cc3ccc(F)cc3)[C@@H](C)C(F)(F)F)C2=O)cn1. The molecule has 1 aliphatic carbocycles. The summed E-state index contributed by atoms with van der Waals surface area (Å²) in [5.41, 5.74) is -2.14. The van der Waals surface area contributed by atoms with Crippen molar-refractivity contribution in [1.82, 2.24) is 30.2 Å². The van der Waals surface area contributed by atoms with Gasteiger partial charge in [0.25, 0.3) is 5.91 Å². The summed E-state index contributed by atoms with van der Waals surface area (Å²) >= 11 is 0. The van der Waals surface area contributed by atoms with Gasteiger partial charge >= 0.3 is 12.2 Å². The summed E-state index contributed by atoms with van der Waals surface area (Å²) in [6.07, 6.45) is -4.75. The molecule has 0 unspecified atom stereocenters. The molecule has 5 amide bonds. The molecule has 1 spiro atoms. The summed E-state index contributed by atoms with van der Waals surface area (Å²) in [6.45, 7) is -1.17. The molecule has 1 aromatic heterocycles. The molecule has 3 atom stereocenters. The molecule has 1 aliphatic heterocycles. The molecule has 1 saturated heterocycles. The molecule has 2 aliphatic rings. The van der Waals surface area contributed by atoms with E-state index >= 15 is 8.78 Å².